The zero-order valence-corrected chi connectivity index (χ0v) is 14.3. The van der Waals surface area contributed by atoms with E-state index in [0.29, 0.717) is 15.3 Å². The first kappa shape index (κ1) is 15.6. The molecule has 7 heteroatoms. The number of para-hydroxylation sites is 1. The fourth-order valence-electron chi connectivity index (χ4n) is 2.15. The van der Waals surface area contributed by atoms with Gasteiger partial charge in [-0.3, -0.25) is 9.00 Å². The van der Waals surface area contributed by atoms with Gasteiger partial charge in [0.1, 0.15) is 0 Å². The maximum Gasteiger partial charge on any atom is 0.271 e. The Morgan fingerprint density at radius 2 is 1.87 bits per heavy atom. The van der Waals surface area contributed by atoms with Gasteiger partial charge in [0.15, 0.2) is 0 Å². The van der Waals surface area contributed by atoms with Crippen molar-refractivity contribution in [1.29, 1.82) is 0 Å². The van der Waals surface area contributed by atoms with E-state index < -0.39 is 10.8 Å². The highest BCUT2D eigenvalue weighted by Crippen LogP contribution is 2.15. The van der Waals surface area contributed by atoms with Crippen molar-refractivity contribution in [2.24, 2.45) is 12.1 Å². The van der Waals surface area contributed by atoms with Crippen LogP contribution in [0.15, 0.2) is 58.5 Å². The third-order valence-electron chi connectivity index (χ3n) is 3.42. The maximum absolute atomic E-state index is 12.1. The molecule has 0 saturated heterocycles. The average Bonchev–Trinajstić information content (AvgIpc) is 2.89. The Labute approximate surface area is 139 Å². The Balaban J connectivity index is 1.84. The SMILES string of the molecule is Cn1/c(=N/NC(=O)c2ccc([S@@](C)=O)cc2)sc2ccccc21. The van der Waals surface area contributed by atoms with Gasteiger partial charge in [0, 0.05) is 34.6 Å². The second-order valence-corrected chi connectivity index (χ2v) is 7.33. The molecule has 2 aromatic carbocycles. The van der Waals surface area contributed by atoms with E-state index in [4.69, 9.17) is 0 Å². The van der Waals surface area contributed by atoms with E-state index in [-0.39, 0.29) is 5.91 Å². The van der Waals surface area contributed by atoms with Crippen LogP contribution in [0.25, 0.3) is 10.2 Å². The molecule has 1 heterocycles. The molecule has 1 atom stereocenters. The van der Waals surface area contributed by atoms with Crippen LogP contribution in [-0.4, -0.2) is 20.9 Å². The smallest absolute Gasteiger partial charge is 0.271 e. The van der Waals surface area contributed by atoms with Gasteiger partial charge in [-0.15, -0.1) is 5.10 Å². The van der Waals surface area contributed by atoms with Crippen LogP contribution < -0.4 is 10.2 Å². The molecule has 0 saturated carbocycles. The fraction of sp³-hybridized carbons (Fsp3) is 0.125. The van der Waals surface area contributed by atoms with Gasteiger partial charge in [-0.25, -0.2) is 5.43 Å². The third-order valence-corrected chi connectivity index (χ3v) is 5.47. The number of aromatic nitrogens is 1. The number of carbonyl (C=O) groups excluding carboxylic acids is 1. The number of aryl methyl sites for hydroxylation is 1. The van der Waals surface area contributed by atoms with E-state index in [9.17, 15) is 9.00 Å². The number of thiazole rings is 1. The summed E-state index contributed by atoms with van der Waals surface area (Å²) in [5.41, 5.74) is 4.11. The molecule has 0 fully saturated rings. The molecule has 0 unspecified atom stereocenters. The molecule has 3 aromatic rings. The number of rotatable bonds is 3. The first-order valence-electron chi connectivity index (χ1n) is 6.88. The van der Waals surface area contributed by atoms with Crippen molar-refractivity contribution in [2.75, 3.05) is 6.26 Å². The van der Waals surface area contributed by atoms with Crippen molar-refractivity contribution in [3.8, 4) is 0 Å². The number of nitrogens with one attached hydrogen (secondary N) is 1. The Kier molecular flexibility index (Phi) is 4.40. The summed E-state index contributed by atoms with van der Waals surface area (Å²) in [6.07, 6.45) is 1.60. The summed E-state index contributed by atoms with van der Waals surface area (Å²) in [5, 5.41) is 4.20. The highest BCUT2D eigenvalue weighted by molar-refractivity contribution is 7.84. The number of hydrogen-bond acceptors (Lipinski definition) is 4. The minimum Gasteiger partial charge on any atom is -0.318 e. The van der Waals surface area contributed by atoms with Crippen LogP contribution >= 0.6 is 11.3 Å². The summed E-state index contributed by atoms with van der Waals surface area (Å²) in [5.74, 6) is -0.295. The van der Waals surface area contributed by atoms with Crippen molar-refractivity contribution >= 4 is 38.3 Å². The Morgan fingerprint density at radius 1 is 1.17 bits per heavy atom. The normalized spacial score (nSPS) is 13.2. The lowest BCUT2D eigenvalue weighted by Gasteiger charge is -2.01. The molecule has 0 aliphatic carbocycles. The summed E-state index contributed by atoms with van der Waals surface area (Å²) in [6.45, 7) is 0. The summed E-state index contributed by atoms with van der Waals surface area (Å²) in [6, 6.07) is 14.6. The Hall–Kier alpha value is -2.25. The molecular formula is C16H15N3O2S2. The van der Waals surface area contributed by atoms with E-state index in [0.717, 1.165) is 10.2 Å². The zero-order valence-electron chi connectivity index (χ0n) is 12.6. The van der Waals surface area contributed by atoms with Gasteiger partial charge in [0.25, 0.3) is 5.91 Å². The van der Waals surface area contributed by atoms with E-state index in [2.05, 4.69) is 10.5 Å². The molecule has 0 spiro atoms. The van der Waals surface area contributed by atoms with Crippen LogP contribution in [0.3, 0.4) is 0 Å². The lowest BCUT2D eigenvalue weighted by Crippen LogP contribution is -2.23. The van der Waals surface area contributed by atoms with Crippen LogP contribution in [0, 0.1) is 0 Å². The predicted molar refractivity (Wildman–Crippen MR) is 92.6 cm³/mol. The second kappa shape index (κ2) is 6.47. The highest BCUT2D eigenvalue weighted by Gasteiger charge is 2.06. The summed E-state index contributed by atoms with van der Waals surface area (Å²) >= 11 is 1.51. The molecular weight excluding hydrogens is 330 g/mol. The number of amides is 1. The lowest BCUT2D eigenvalue weighted by atomic mass is 10.2. The first-order chi connectivity index (χ1) is 11.1. The zero-order chi connectivity index (χ0) is 16.4. The van der Waals surface area contributed by atoms with E-state index in [1.165, 1.54) is 11.3 Å². The summed E-state index contributed by atoms with van der Waals surface area (Å²) < 4.78 is 14.4. The molecule has 0 aliphatic heterocycles. The molecule has 0 radical (unpaired) electrons. The van der Waals surface area contributed by atoms with Gasteiger partial charge < -0.3 is 4.57 Å². The van der Waals surface area contributed by atoms with Crippen molar-refractivity contribution in [2.45, 2.75) is 4.90 Å². The molecule has 1 N–H and O–H groups in total. The molecule has 5 nitrogen and oxygen atoms in total. The van der Waals surface area contributed by atoms with Crippen LogP contribution in [0.1, 0.15) is 10.4 Å². The minimum atomic E-state index is -1.05. The topological polar surface area (TPSA) is 63.5 Å². The minimum absolute atomic E-state index is 0.295. The second-order valence-electron chi connectivity index (χ2n) is 4.94. The van der Waals surface area contributed by atoms with E-state index in [1.807, 2.05) is 35.9 Å². The van der Waals surface area contributed by atoms with Crippen molar-refractivity contribution < 1.29 is 9.00 Å². The monoisotopic (exact) mass is 345 g/mol. The molecule has 0 bridgehead atoms. The number of fused-ring (bicyclic) bond motifs is 1. The number of benzene rings is 2. The van der Waals surface area contributed by atoms with Crippen LogP contribution in [-0.2, 0) is 17.8 Å². The standard InChI is InChI=1S/C16H15N3O2S2/c1-19-13-5-3-4-6-14(13)22-16(19)18-17-15(20)11-7-9-12(10-8-11)23(2)21/h3-10H,1-2H3,(H,17,20)/b18-16-/t23-/m1/s1. The molecule has 118 valence electrons. The van der Waals surface area contributed by atoms with Gasteiger partial charge in [0.2, 0.25) is 4.80 Å². The molecule has 0 aliphatic rings. The number of hydrogen-bond donors (Lipinski definition) is 1. The van der Waals surface area contributed by atoms with Crippen LogP contribution in [0.5, 0.6) is 0 Å². The van der Waals surface area contributed by atoms with E-state index in [1.54, 1.807) is 30.5 Å². The van der Waals surface area contributed by atoms with E-state index >= 15 is 0 Å². The first-order valence-corrected chi connectivity index (χ1v) is 9.26. The molecule has 1 amide bonds. The van der Waals surface area contributed by atoms with Gasteiger partial charge in [-0.1, -0.05) is 23.5 Å². The van der Waals surface area contributed by atoms with Crippen molar-refractivity contribution in [3.63, 3.8) is 0 Å². The number of carbonyl (C=O) groups is 1. The highest BCUT2D eigenvalue weighted by atomic mass is 32.2. The maximum atomic E-state index is 12.1. The number of nitrogens with zero attached hydrogens (tertiary/aromatic N) is 2. The van der Waals surface area contributed by atoms with Gasteiger partial charge in [-0.05, 0) is 36.4 Å². The average molecular weight is 345 g/mol. The summed E-state index contributed by atoms with van der Waals surface area (Å²) in [4.78, 5) is 13.5. The molecule has 1 aromatic heterocycles. The predicted octanol–water partition coefficient (Wildman–Crippen LogP) is 2.22. The Bertz CT molecular complexity index is 955. The fourth-order valence-corrected chi connectivity index (χ4v) is 3.65. The van der Waals surface area contributed by atoms with Crippen molar-refractivity contribution in [1.82, 2.24) is 9.99 Å². The quantitative estimate of drug-likeness (QED) is 0.740. The molecule has 23 heavy (non-hydrogen) atoms. The van der Waals surface area contributed by atoms with Crippen LogP contribution in [0.2, 0.25) is 0 Å². The summed E-state index contributed by atoms with van der Waals surface area (Å²) in [7, 11) is 0.859. The van der Waals surface area contributed by atoms with Crippen LogP contribution in [0.4, 0.5) is 0 Å². The van der Waals surface area contributed by atoms with Gasteiger partial charge >= 0.3 is 0 Å². The lowest BCUT2D eigenvalue weighted by molar-refractivity contribution is 0.0953. The van der Waals surface area contributed by atoms with Crippen molar-refractivity contribution in [3.05, 3.63) is 58.9 Å². The molecule has 3 rings (SSSR count). The van der Waals surface area contributed by atoms with Gasteiger partial charge in [0.05, 0.1) is 10.2 Å². The van der Waals surface area contributed by atoms with Gasteiger partial charge in [-0.2, -0.15) is 0 Å². The Morgan fingerprint density at radius 3 is 2.52 bits per heavy atom. The largest absolute Gasteiger partial charge is 0.318 e. The third kappa shape index (κ3) is 3.25.